The van der Waals surface area contributed by atoms with E-state index < -0.39 is 0 Å². The fourth-order valence-corrected chi connectivity index (χ4v) is 2.66. The SMILES string of the molecule is c1ccc(C2COCCOCCOCCO2)c(B2OCCO2)c1. The van der Waals surface area contributed by atoms with Crippen LogP contribution in [-0.4, -0.2) is 66.6 Å². The molecule has 6 nitrogen and oxygen atoms in total. The Labute approximate surface area is 137 Å². The van der Waals surface area contributed by atoms with E-state index in [9.17, 15) is 0 Å². The molecule has 0 spiro atoms. The van der Waals surface area contributed by atoms with Crippen molar-refractivity contribution in [1.29, 1.82) is 0 Å². The molecule has 0 radical (unpaired) electrons. The van der Waals surface area contributed by atoms with Crippen LogP contribution < -0.4 is 5.46 Å². The Kier molecular flexibility index (Phi) is 6.88. The van der Waals surface area contributed by atoms with E-state index in [1.54, 1.807) is 0 Å². The molecule has 23 heavy (non-hydrogen) atoms. The number of hydrogen-bond acceptors (Lipinski definition) is 6. The van der Waals surface area contributed by atoms with E-state index in [1.807, 2.05) is 24.3 Å². The molecule has 0 amide bonds. The summed E-state index contributed by atoms with van der Waals surface area (Å²) < 4.78 is 33.9. The normalized spacial score (nSPS) is 24.9. The second kappa shape index (κ2) is 9.37. The topological polar surface area (TPSA) is 55.4 Å². The van der Waals surface area contributed by atoms with Gasteiger partial charge >= 0.3 is 7.12 Å². The van der Waals surface area contributed by atoms with E-state index >= 15 is 0 Å². The highest BCUT2D eigenvalue weighted by atomic mass is 16.6. The molecular formula is C16H23BO6. The van der Waals surface area contributed by atoms with Crippen molar-refractivity contribution in [3.8, 4) is 0 Å². The van der Waals surface area contributed by atoms with Gasteiger partial charge < -0.3 is 28.3 Å². The molecule has 1 aromatic rings. The molecule has 1 atom stereocenters. The zero-order valence-corrected chi connectivity index (χ0v) is 13.3. The predicted octanol–water partition coefficient (Wildman–Crippen LogP) is 0.550. The second-order valence-corrected chi connectivity index (χ2v) is 5.36. The quantitative estimate of drug-likeness (QED) is 0.741. The molecule has 0 aliphatic carbocycles. The smallest absolute Gasteiger partial charge is 0.405 e. The highest BCUT2D eigenvalue weighted by Crippen LogP contribution is 2.18. The fraction of sp³-hybridized carbons (Fsp3) is 0.625. The first-order valence-corrected chi connectivity index (χ1v) is 8.12. The molecule has 2 heterocycles. The van der Waals surface area contributed by atoms with Gasteiger partial charge in [0.25, 0.3) is 0 Å². The summed E-state index contributed by atoms with van der Waals surface area (Å²) >= 11 is 0. The lowest BCUT2D eigenvalue weighted by molar-refractivity contribution is -0.0676. The van der Waals surface area contributed by atoms with E-state index in [4.69, 9.17) is 28.3 Å². The minimum absolute atomic E-state index is 0.179. The van der Waals surface area contributed by atoms with Gasteiger partial charge in [0.05, 0.1) is 59.5 Å². The fourth-order valence-electron chi connectivity index (χ4n) is 2.66. The largest absolute Gasteiger partial charge is 0.494 e. The first-order chi connectivity index (χ1) is 11.4. The van der Waals surface area contributed by atoms with Crippen molar-refractivity contribution in [2.24, 2.45) is 0 Å². The molecule has 2 fully saturated rings. The van der Waals surface area contributed by atoms with Crippen LogP contribution in [0, 0.1) is 0 Å². The zero-order valence-electron chi connectivity index (χ0n) is 13.3. The highest BCUT2D eigenvalue weighted by molar-refractivity contribution is 6.62. The number of benzene rings is 1. The third-order valence-electron chi connectivity index (χ3n) is 3.78. The molecule has 0 bridgehead atoms. The highest BCUT2D eigenvalue weighted by Gasteiger charge is 2.31. The van der Waals surface area contributed by atoms with E-state index in [-0.39, 0.29) is 13.2 Å². The molecule has 0 N–H and O–H groups in total. The molecule has 2 saturated heterocycles. The summed E-state index contributed by atoms with van der Waals surface area (Å²) in [6, 6.07) is 8.03. The van der Waals surface area contributed by atoms with Crippen LogP contribution in [-0.2, 0) is 28.3 Å². The third kappa shape index (κ3) is 5.01. The van der Waals surface area contributed by atoms with E-state index in [1.165, 1.54) is 0 Å². The van der Waals surface area contributed by atoms with Gasteiger partial charge in [0.2, 0.25) is 0 Å². The van der Waals surface area contributed by atoms with Gasteiger partial charge in [0.15, 0.2) is 0 Å². The molecule has 1 unspecified atom stereocenters. The van der Waals surface area contributed by atoms with Gasteiger partial charge in [-0.15, -0.1) is 0 Å². The van der Waals surface area contributed by atoms with Crippen molar-refractivity contribution in [2.75, 3.05) is 59.5 Å². The van der Waals surface area contributed by atoms with Gasteiger partial charge in [-0.25, -0.2) is 0 Å². The summed E-state index contributed by atoms with van der Waals surface area (Å²) in [7, 11) is -0.323. The van der Waals surface area contributed by atoms with Crippen LogP contribution >= 0.6 is 0 Å². The number of rotatable bonds is 2. The average Bonchev–Trinajstić information content (AvgIpc) is 3.10. The molecule has 0 saturated carbocycles. The van der Waals surface area contributed by atoms with Crippen molar-refractivity contribution in [1.82, 2.24) is 0 Å². The molecule has 3 rings (SSSR count). The van der Waals surface area contributed by atoms with Crippen molar-refractivity contribution in [3.63, 3.8) is 0 Å². The predicted molar refractivity (Wildman–Crippen MR) is 84.9 cm³/mol. The van der Waals surface area contributed by atoms with Gasteiger partial charge in [-0.2, -0.15) is 0 Å². The summed E-state index contributed by atoms with van der Waals surface area (Å²) in [6.45, 7) is 5.02. The second-order valence-electron chi connectivity index (χ2n) is 5.36. The van der Waals surface area contributed by atoms with Crippen LogP contribution in [0.25, 0.3) is 0 Å². The standard InChI is InChI=1S/C16H23BO6/c1-2-4-15(17-22-11-12-23-17)14(3-1)16-13-20-8-7-18-5-6-19-9-10-21-16/h1-4,16H,5-13H2. The molecule has 7 heteroatoms. The van der Waals surface area contributed by atoms with E-state index in [0.29, 0.717) is 59.5 Å². The monoisotopic (exact) mass is 322 g/mol. The van der Waals surface area contributed by atoms with Gasteiger partial charge in [-0.05, 0) is 11.0 Å². The molecule has 2 aliphatic heterocycles. The summed E-state index contributed by atoms with van der Waals surface area (Å²) in [5.74, 6) is 0. The molecular weight excluding hydrogens is 299 g/mol. The van der Waals surface area contributed by atoms with Crippen LogP contribution in [0.15, 0.2) is 24.3 Å². The molecule has 2 aliphatic rings. The van der Waals surface area contributed by atoms with Crippen molar-refractivity contribution in [3.05, 3.63) is 29.8 Å². The summed E-state index contributed by atoms with van der Waals surface area (Å²) in [5, 5.41) is 0. The van der Waals surface area contributed by atoms with Crippen LogP contribution in [0.3, 0.4) is 0 Å². The minimum Gasteiger partial charge on any atom is -0.405 e. The maximum Gasteiger partial charge on any atom is 0.494 e. The summed E-state index contributed by atoms with van der Waals surface area (Å²) in [6.07, 6.45) is -0.179. The Hall–Kier alpha value is -0.955. The van der Waals surface area contributed by atoms with Gasteiger partial charge in [0, 0.05) is 0 Å². The summed E-state index contributed by atoms with van der Waals surface area (Å²) in [4.78, 5) is 0. The first-order valence-electron chi connectivity index (χ1n) is 8.12. The Morgan fingerprint density at radius 2 is 1.39 bits per heavy atom. The minimum atomic E-state index is -0.323. The molecule has 1 aromatic carbocycles. The Morgan fingerprint density at radius 3 is 2.17 bits per heavy atom. The number of hydrogen-bond donors (Lipinski definition) is 0. The van der Waals surface area contributed by atoms with E-state index in [2.05, 4.69) is 0 Å². The zero-order chi connectivity index (χ0) is 15.7. The van der Waals surface area contributed by atoms with Crippen molar-refractivity contribution < 1.29 is 28.3 Å². The lowest BCUT2D eigenvalue weighted by Crippen LogP contribution is -2.36. The van der Waals surface area contributed by atoms with Gasteiger partial charge in [-0.3, -0.25) is 0 Å². The van der Waals surface area contributed by atoms with Crippen LogP contribution in [0.5, 0.6) is 0 Å². The number of ether oxygens (including phenoxy) is 4. The van der Waals surface area contributed by atoms with Gasteiger partial charge in [-0.1, -0.05) is 24.3 Å². The molecule has 126 valence electrons. The average molecular weight is 322 g/mol. The van der Waals surface area contributed by atoms with Crippen LogP contribution in [0.4, 0.5) is 0 Å². The summed E-state index contributed by atoms with van der Waals surface area (Å²) in [5.41, 5.74) is 2.04. The van der Waals surface area contributed by atoms with Crippen LogP contribution in [0.2, 0.25) is 0 Å². The first kappa shape index (κ1) is 16.9. The van der Waals surface area contributed by atoms with Crippen LogP contribution in [0.1, 0.15) is 11.7 Å². The van der Waals surface area contributed by atoms with Crippen molar-refractivity contribution in [2.45, 2.75) is 6.10 Å². The Morgan fingerprint density at radius 1 is 0.739 bits per heavy atom. The Balaban J connectivity index is 1.71. The maximum absolute atomic E-state index is 6.00. The lowest BCUT2D eigenvalue weighted by atomic mass is 9.75. The van der Waals surface area contributed by atoms with E-state index in [0.717, 1.165) is 11.0 Å². The van der Waals surface area contributed by atoms with Crippen molar-refractivity contribution >= 4 is 12.6 Å². The lowest BCUT2D eigenvalue weighted by Gasteiger charge is -2.22. The Bertz CT molecular complexity index is 454. The maximum atomic E-state index is 6.00. The third-order valence-corrected chi connectivity index (χ3v) is 3.78. The molecule has 0 aromatic heterocycles. The van der Waals surface area contributed by atoms with Gasteiger partial charge in [0.1, 0.15) is 6.10 Å².